The molecule has 1 aromatic heterocycles. The molecule has 9 heteroatoms. The van der Waals surface area contributed by atoms with Gasteiger partial charge in [0.1, 0.15) is 4.88 Å². The molecule has 0 atom stereocenters. The molecule has 0 bridgehead atoms. The highest BCUT2D eigenvalue weighted by atomic mass is 35.5. The molecule has 0 saturated carbocycles. The Balaban J connectivity index is 1.85. The highest BCUT2D eigenvalue weighted by Gasteiger charge is 2.18. The van der Waals surface area contributed by atoms with Crippen LogP contribution in [0.15, 0.2) is 36.4 Å². The van der Waals surface area contributed by atoms with Crippen LogP contribution in [0.3, 0.4) is 0 Å². The number of rotatable bonds is 6. The first-order chi connectivity index (χ1) is 11.4. The Morgan fingerprint density at radius 1 is 1.25 bits per heavy atom. The van der Waals surface area contributed by atoms with Gasteiger partial charge in [0.25, 0.3) is 5.91 Å². The number of likely N-dealkylation sites (N-methyl/N-ethyl adjacent to an activating group) is 1. The highest BCUT2D eigenvalue weighted by molar-refractivity contribution is 7.17. The number of thiophene rings is 1. The Morgan fingerprint density at radius 2 is 1.92 bits per heavy atom. The molecule has 24 heavy (non-hydrogen) atoms. The van der Waals surface area contributed by atoms with Gasteiger partial charge in [0.15, 0.2) is 6.61 Å². The Bertz CT molecular complexity index is 759. The van der Waals surface area contributed by atoms with Crippen LogP contribution in [0.4, 0.5) is 5.00 Å². The maximum Gasteiger partial charge on any atom is 0.349 e. The van der Waals surface area contributed by atoms with Crippen molar-refractivity contribution in [3.63, 3.8) is 0 Å². The number of esters is 1. The van der Waals surface area contributed by atoms with Gasteiger partial charge < -0.3 is 9.64 Å². The SMILES string of the molecule is CN(Cc1ccc(Cl)cc1)C(=O)COC(=O)c1ccc([N+](=O)[O-])s1. The van der Waals surface area contributed by atoms with Crippen LogP contribution >= 0.6 is 22.9 Å². The molecule has 2 aromatic rings. The van der Waals surface area contributed by atoms with Gasteiger partial charge in [0.2, 0.25) is 0 Å². The zero-order chi connectivity index (χ0) is 17.7. The maximum absolute atomic E-state index is 12.0. The fourth-order valence-electron chi connectivity index (χ4n) is 1.80. The zero-order valence-electron chi connectivity index (χ0n) is 12.6. The Morgan fingerprint density at radius 3 is 2.50 bits per heavy atom. The molecule has 1 heterocycles. The average Bonchev–Trinajstić information content (AvgIpc) is 3.04. The average molecular weight is 369 g/mol. The van der Waals surface area contributed by atoms with Gasteiger partial charge in [-0.2, -0.15) is 0 Å². The van der Waals surface area contributed by atoms with Crippen molar-refractivity contribution in [2.75, 3.05) is 13.7 Å². The van der Waals surface area contributed by atoms with Crippen molar-refractivity contribution < 1.29 is 19.2 Å². The van der Waals surface area contributed by atoms with Gasteiger partial charge in [0, 0.05) is 24.7 Å². The fraction of sp³-hybridized carbons (Fsp3) is 0.200. The summed E-state index contributed by atoms with van der Waals surface area (Å²) in [6.07, 6.45) is 0. The van der Waals surface area contributed by atoms with E-state index in [9.17, 15) is 19.7 Å². The lowest BCUT2D eigenvalue weighted by atomic mass is 10.2. The van der Waals surface area contributed by atoms with Crippen molar-refractivity contribution >= 4 is 39.8 Å². The summed E-state index contributed by atoms with van der Waals surface area (Å²) in [5.74, 6) is -1.15. The van der Waals surface area contributed by atoms with Crippen molar-refractivity contribution in [3.05, 3.63) is 62.0 Å². The van der Waals surface area contributed by atoms with Crippen LogP contribution in [0, 0.1) is 10.1 Å². The smallest absolute Gasteiger partial charge is 0.349 e. The number of hydrogen-bond acceptors (Lipinski definition) is 6. The number of hydrogen-bond donors (Lipinski definition) is 0. The molecule has 0 unspecified atom stereocenters. The van der Waals surface area contributed by atoms with Crippen LogP contribution in [-0.2, 0) is 16.1 Å². The van der Waals surface area contributed by atoms with Crippen molar-refractivity contribution in [1.29, 1.82) is 0 Å². The molecular weight excluding hydrogens is 356 g/mol. The van der Waals surface area contributed by atoms with E-state index in [-0.39, 0.29) is 15.8 Å². The predicted molar refractivity (Wildman–Crippen MR) is 89.2 cm³/mol. The molecule has 0 fully saturated rings. The van der Waals surface area contributed by atoms with Gasteiger partial charge in [0.05, 0.1) is 4.92 Å². The maximum atomic E-state index is 12.0. The van der Waals surface area contributed by atoms with Gasteiger partial charge in [-0.3, -0.25) is 14.9 Å². The van der Waals surface area contributed by atoms with Crippen molar-refractivity contribution in [1.82, 2.24) is 4.90 Å². The van der Waals surface area contributed by atoms with E-state index < -0.39 is 17.5 Å². The number of amides is 1. The third-order valence-electron chi connectivity index (χ3n) is 3.06. The van der Waals surface area contributed by atoms with Crippen molar-refractivity contribution in [2.24, 2.45) is 0 Å². The summed E-state index contributed by atoms with van der Waals surface area (Å²) in [6, 6.07) is 9.55. The molecule has 7 nitrogen and oxygen atoms in total. The Hall–Kier alpha value is -2.45. The van der Waals surface area contributed by atoms with Crippen molar-refractivity contribution in [3.8, 4) is 0 Å². The topological polar surface area (TPSA) is 89.8 Å². The van der Waals surface area contributed by atoms with E-state index in [0.717, 1.165) is 5.56 Å². The zero-order valence-corrected chi connectivity index (χ0v) is 14.2. The number of ether oxygens (including phenoxy) is 1. The summed E-state index contributed by atoms with van der Waals surface area (Å²) in [5.41, 5.74) is 0.885. The molecule has 0 aliphatic heterocycles. The second-order valence-corrected chi connectivity index (χ2v) is 6.35. The lowest BCUT2D eigenvalue weighted by molar-refractivity contribution is -0.380. The van der Waals surface area contributed by atoms with Crippen LogP contribution in [-0.4, -0.2) is 35.4 Å². The van der Waals surface area contributed by atoms with E-state index in [1.54, 1.807) is 31.3 Å². The van der Waals surface area contributed by atoms with Crippen LogP contribution in [0.5, 0.6) is 0 Å². The number of carbonyl (C=O) groups excluding carboxylic acids is 2. The summed E-state index contributed by atoms with van der Waals surface area (Å²) in [7, 11) is 1.58. The van der Waals surface area contributed by atoms with E-state index in [2.05, 4.69) is 0 Å². The van der Waals surface area contributed by atoms with Crippen LogP contribution in [0.1, 0.15) is 15.2 Å². The lowest BCUT2D eigenvalue weighted by Crippen LogP contribution is -2.30. The minimum Gasteiger partial charge on any atom is -0.451 e. The van der Waals surface area contributed by atoms with Gasteiger partial charge in [-0.25, -0.2) is 4.79 Å². The van der Waals surface area contributed by atoms with E-state index in [1.165, 1.54) is 17.0 Å². The molecular formula is C15H13ClN2O5S. The van der Waals surface area contributed by atoms with E-state index in [1.807, 2.05) is 0 Å². The molecule has 0 aliphatic rings. The van der Waals surface area contributed by atoms with E-state index in [0.29, 0.717) is 22.9 Å². The van der Waals surface area contributed by atoms with Crippen molar-refractivity contribution in [2.45, 2.75) is 6.54 Å². The van der Waals surface area contributed by atoms with Crippen LogP contribution in [0.25, 0.3) is 0 Å². The highest BCUT2D eigenvalue weighted by Crippen LogP contribution is 2.24. The Kier molecular flexibility index (Phi) is 5.88. The molecule has 0 aliphatic carbocycles. The first-order valence-corrected chi connectivity index (χ1v) is 7.96. The quantitative estimate of drug-likeness (QED) is 0.444. The standard InChI is InChI=1S/C15H13ClN2O5S/c1-17(8-10-2-4-11(16)5-3-10)13(19)9-23-15(20)12-6-7-14(24-12)18(21)22/h2-7H,8-9H2,1H3. The molecule has 2 rings (SSSR count). The summed E-state index contributed by atoms with van der Waals surface area (Å²) in [6.45, 7) is -0.0906. The van der Waals surface area contributed by atoms with Gasteiger partial charge in [-0.05, 0) is 23.8 Å². The van der Waals surface area contributed by atoms with E-state index in [4.69, 9.17) is 16.3 Å². The van der Waals surface area contributed by atoms with Crippen LogP contribution in [0.2, 0.25) is 5.02 Å². The molecule has 0 N–H and O–H groups in total. The molecule has 0 spiro atoms. The van der Waals surface area contributed by atoms with Gasteiger partial charge in [-0.15, -0.1) is 0 Å². The minimum atomic E-state index is -0.763. The summed E-state index contributed by atoms with van der Waals surface area (Å²) in [5, 5.41) is 11.0. The number of nitro groups is 1. The van der Waals surface area contributed by atoms with Gasteiger partial charge >= 0.3 is 11.0 Å². The second kappa shape index (κ2) is 7.89. The lowest BCUT2D eigenvalue weighted by Gasteiger charge is -2.17. The number of halogens is 1. The number of nitrogens with zero attached hydrogens (tertiary/aromatic N) is 2. The molecule has 1 aromatic carbocycles. The predicted octanol–water partition coefficient (Wildman–Crippen LogP) is 3.13. The largest absolute Gasteiger partial charge is 0.451 e. The molecule has 126 valence electrons. The normalized spacial score (nSPS) is 10.2. The summed E-state index contributed by atoms with van der Waals surface area (Å²) in [4.78, 5) is 35.2. The monoisotopic (exact) mass is 368 g/mol. The summed E-state index contributed by atoms with van der Waals surface area (Å²) < 4.78 is 4.90. The second-order valence-electron chi connectivity index (χ2n) is 4.85. The Labute approximate surface area is 146 Å². The van der Waals surface area contributed by atoms with E-state index >= 15 is 0 Å². The number of carbonyl (C=O) groups is 2. The fourth-order valence-corrected chi connectivity index (χ4v) is 2.64. The first kappa shape index (κ1) is 17.9. The van der Waals surface area contributed by atoms with Crippen LogP contribution < -0.4 is 0 Å². The molecule has 0 radical (unpaired) electrons. The summed E-state index contributed by atoms with van der Waals surface area (Å²) >= 11 is 6.50. The third kappa shape index (κ3) is 4.77. The van der Waals surface area contributed by atoms with Gasteiger partial charge in [-0.1, -0.05) is 35.1 Å². The molecule has 0 saturated heterocycles. The molecule has 1 amide bonds. The third-order valence-corrected chi connectivity index (χ3v) is 4.33. The first-order valence-electron chi connectivity index (χ1n) is 6.76. The number of benzene rings is 1. The minimum absolute atomic E-state index is 0.0786.